The van der Waals surface area contributed by atoms with Crippen molar-refractivity contribution >= 4 is 5.96 Å². The number of nitrogens with zero attached hydrogens (tertiary/aromatic N) is 2. The predicted octanol–water partition coefficient (Wildman–Crippen LogP) is 2.11. The van der Waals surface area contributed by atoms with Crippen LogP contribution in [0.15, 0.2) is 4.99 Å². The fraction of sp³-hybridized carbons (Fsp3) is 0.944. The van der Waals surface area contributed by atoms with Crippen molar-refractivity contribution in [3.63, 3.8) is 0 Å². The summed E-state index contributed by atoms with van der Waals surface area (Å²) in [5.74, 6) is 1.51. The Morgan fingerprint density at radius 1 is 1.09 bits per heavy atom. The molecule has 23 heavy (non-hydrogen) atoms. The minimum absolute atomic E-state index is 0.318. The van der Waals surface area contributed by atoms with Crippen LogP contribution in [0.4, 0.5) is 0 Å². The van der Waals surface area contributed by atoms with Gasteiger partial charge in [-0.1, -0.05) is 19.3 Å². The Labute approximate surface area is 141 Å². The normalized spacial score (nSPS) is 30.9. The van der Waals surface area contributed by atoms with Crippen LogP contribution in [0.25, 0.3) is 0 Å². The van der Waals surface area contributed by atoms with Gasteiger partial charge in [-0.05, 0) is 51.0 Å². The molecule has 132 valence electrons. The van der Waals surface area contributed by atoms with E-state index in [1.165, 1.54) is 64.5 Å². The molecule has 2 unspecified atom stereocenters. The Hall–Kier alpha value is -0.810. The average molecular weight is 322 g/mol. The molecule has 0 aromatic rings. The van der Waals surface area contributed by atoms with Crippen molar-refractivity contribution in [1.29, 1.82) is 0 Å². The second kappa shape index (κ2) is 8.88. The molecule has 5 heteroatoms. The molecule has 3 fully saturated rings. The third-order valence-electron chi connectivity index (χ3n) is 5.72. The van der Waals surface area contributed by atoms with Crippen molar-refractivity contribution < 1.29 is 4.74 Å². The lowest BCUT2D eigenvalue weighted by molar-refractivity contribution is 0.114. The van der Waals surface area contributed by atoms with E-state index >= 15 is 0 Å². The molecule has 1 aliphatic carbocycles. The maximum absolute atomic E-state index is 6.02. The maximum atomic E-state index is 6.02. The van der Waals surface area contributed by atoms with Crippen LogP contribution in [0.3, 0.4) is 0 Å². The number of likely N-dealkylation sites (tertiary alicyclic amines) is 1. The van der Waals surface area contributed by atoms with Gasteiger partial charge in [0.1, 0.15) is 0 Å². The smallest absolute Gasteiger partial charge is 0.188 e. The molecule has 3 aliphatic rings. The largest absolute Gasteiger partial charge is 0.376 e. The molecule has 2 heterocycles. The summed E-state index contributed by atoms with van der Waals surface area (Å²) in [5.41, 5.74) is 6.02. The molecule has 0 bridgehead atoms. The lowest BCUT2D eigenvalue weighted by Crippen LogP contribution is -2.40. The molecule has 0 spiro atoms. The Balaban J connectivity index is 1.39. The van der Waals surface area contributed by atoms with Gasteiger partial charge in [0.2, 0.25) is 0 Å². The lowest BCUT2D eigenvalue weighted by atomic mass is 9.89. The summed E-state index contributed by atoms with van der Waals surface area (Å²) in [5, 5.41) is 3.23. The van der Waals surface area contributed by atoms with E-state index in [2.05, 4.69) is 15.2 Å². The first-order chi connectivity index (χ1) is 11.3. The number of rotatable bonds is 6. The fourth-order valence-corrected chi connectivity index (χ4v) is 4.33. The van der Waals surface area contributed by atoms with Crippen LogP contribution in [-0.2, 0) is 4.74 Å². The van der Waals surface area contributed by atoms with E-state index in [0.717, 1.165) is 32.0 Å². The topological polar surface area (TPSA) is 62.9 Å². The van der Waals surface area contributed by atoms with E-state index < -0.39 is 0 Å². The number of guanidine groups is 1. The molecule has 2 aliphatic heterocycles. The van der Waals surface area contributed by atoms with Gasteiger partial charge in [-0.2, -0.15) is 0 Å². The lowest BCUT2D eigenvalue weighted by Gasteiger charge is -2.30. The van der Waals surface area contributed by atoms with E-state index in [1.54, 1.807) is 0 Å². The molecule has 0 radical (unpaired) electrons. The predicted molar refractivity (Wildman–Crippen MR) is 94.6 cm³/mol. The molecule has 2 saturated heterocycles. The van der Waals surface area contributed by atoms with Crippen molar-refractivity contribution in [3.05, 3.63) is 0 Å². The van der Waals surface area contributed by atoms with Crippen LogP contribution in [0.2, 0.25) is 0 Å². The third-order valence-corrected chi connectivity index (χ3v) is 5.72. The van der Waals surface area contributed by atoms with E-state index in [0.29, 0.717) is 18.1 Å². The van der Waals surface area contributed by atoms with Crippen LogP contribution < -0.4 is 11.1 Å². The quantitative estimate of drug-likeness (QED) is 0.581. The molecule has 0 aromatic heterocycles. The summed E-state index contributed by atoms with van der Waals surface area (Å²) < 4.78 is 5.60. The van der Waals surface area contributed by atoms with Gasteiger partial charge in [0.15, 0.2) is 5.96 Å². The van der Waals surface area contributed by atoms with E-state index in [1.807, 2.05) is 0 Å². The van der Waals surface area contributed by atoms with Gasteiger partial charge in [-0.15, -0.1) is 0 Å². The molecule has 2 atom stereocenters. The zero-order chi connectivity index (χ0) is 15.9. The number of hydrogen-bond acceptors (Lipinski definition) is 3. The molecule has 3 rings (SSSR count). The Morgan fingerprint density at radius 2 is 1.96 bits per heavy atom. The van der Waals surface area contributed by atoms with Crippen molar-refractivity contribution in [2.75, 3.05) is 32.8 Å². The van der Waals surface area contributed by atoms with Gasteiger partial charge in [0.05, 0.1) is 12.6 Å². The summed E-state index contributed by atoms with van der Waals surface area (Å²) in [6.07, 6.45) is 12.4. The standard InChI is InChI=1S/C18H34N4O/c19-18(21-13-17-9-5-11-23-17)20-12-16-8-4-10-22(16)14-15-6-2-1-3-7-15/h15-17H,1-14H2,(H3,19,20,21). The van der Waals surface area contributed by atoms with Crippen molar-refractivity contribution in [2.24, 2.45) is 16.6 Å². The minimum Gasteiger partial charge on any atom is -0.376 e. The Bertz CT molecular complexity index is 375. The molecule has 3 N–H and O–H groups in total. The highest BCUT2D eigenvalue weighted by Crippen LogP contribution is 2.27. The van der Waals surface area contributed by atoms with Crippen LogP contribution in [0.5, 0.6) is 0 Å². The van der Waals surface area contributed by atoms with Gasteiger partial charge < -0.3 is 15.8 Å². The summed E-state index contributed by atoms with van der Waals surface area (Å²) in [6, 6.07) is 0.597. The highest BCUT2D eigenvalue weighted by atomic mass is 16.5. The van der Waals surface area contributed by atoms with Crippen molar-refractivity contribution in [1.82, 2.24) is 10.2 Å². The number of ether oxygens (including phenoxy) is 1. The summed E-state index contributed by atoms with van der Waals surface area (Å²) in [4.78, 5) is 7.27. The highest BCUT2D eigenvalue weighted by Gasteiger charge is 2.27. The molecular formula is C18H34N4O. The van der Waals surface area contributed by atoms with Crippen molar-refractivity contribution in [2.45, 2.75) is 69.9 Å². The molecular weight excluding hydrogens is 288 g/mol. The van der Waals surface area contributed by atoms with Gasteiger partial charge >= 0.3 is 0 Å². The van der Waals surface area contributed by atoms with E-state index in [-0.39, 0.29) is 0 Å². The van der Waals surface area contributed by atoms with Gasteiger partial charge in [0, 0.05) is 25.7 Å². The number of aliphatic imine (C=N–C) groups is 1. The molecule has 0 aromatic carbocycles. The van der Waals surface area contributed by atoms with Gasteiger partial charge in [-0.3, -0.25) is 9.89 Å². The first-order valence-corrected chi connectivity index (χ1v) is 9.70. The zero-order valence-corrected chi connectivity index (χ0v) is 14.5. The summed E-state index contributed by atoms with van der Waals surface area (Å²) in [6.45, 7) is 5.06. The SMILES string of the molecule is NC(=NCC1CCCN1CC1CCCCC1)NCC1CCCO1. The zero-order valence-electron chi connectivity index (χ0n) is 14.5. The van der Waals surface area contributed by atoms with Crippen LogP contribution >= 0.6 is 0 Å². The highest BCUT2D eigenvalue weighted by molar-refractivity contribution is 5.77. The van der Waals surface area contributed by atoms with Crippen LogP contribution in [0.1, 0.15) is 57.8 Å². The van der Waals surface area contributed by atoms with Crippen LogP contribution in [0, 0.1) is 5.92 Å². The van der Waals surface area contributed by atoms with E-state index in [4.69, 9.17) is 10.5 Å². The average Bonchev–Trinajstić information content (AvgIpc) is 3.24. The first-order valence-electron chi connectivity index (χ1n) is 9.70. The Kier molecular flexibility index (Phi) is 6.57. The number of nitrogens with one attached hydrogen (secondary N) is 1. The Morgan fingerprint density at radius 3 is 2.74 bits per heavy atom. The van der Waals surface area contributed by atoms with Gasteiger partial charge in [-0.25, -0.2) is 0 Å². The van der Waals surface area contributed by atoms with Crippen LogP contribution in [-0.4, -0.2) is 55.8 Å². The fourth-order valence-electron chi connectivity index (χ4n) is 4.33. The minimum atomic E-state index is 0.318. The molecule has 0 amide bonds. The maximum Gasteiger partial charge on any atom is 0.188 e. The second-order valence-corrected chi connectivity index (χ2v) is 7.54. The second-order valence-electron chi connectivity index (χ2n) is 7.54. The van der Waals surface area contributed by atoms with Gasteiger partial charge in [0.25, 0.3) is 0 Å². The molecule has 1 saturated carbocycles. The number of nitrogens with two attached hydrogens (primary N) is 1. The summed E-state index contributed by atoms with van der Waals surface area (Å²) in [7, 11) is 0. The first kappa shape index (κ1) is 17.0. The van der Waals surface area contributed by atoms with E-state index in [9.17, 15) is 0 Å². The third kappa shape index (κ3) is 5.35. The van der Waals surface area contributed by atoms with Crippen molar-refractivity contribution in [3.8, 4) is 0 Å². The number of hydrogen-bond donors (Lipinski definition) is 2. The summed E-state index contributed by atoms with van der Waals surface area (Å²) >= 11 is 0. The molecule has 5 nitrogen and oxygen atoms in total. The monoisotopic (exact) mass is 322 g/mol.